The third-order valence-corrected chi connectivity index (χ3v) is 8.25. The molecular weight excluding hydrogens is 556 g/mol. The molecule has 0 aliphatic heterocycles. The van der Waals surface area contributed by atoms with E-state index in [-0.39, 0.29) is 0 Å². The average molecular weight is 591 g/mol. The maximum absolute atomic E-state index is 6.06. The Balaban J connectivity index is 1.15. The predicted octanol–water partition coefficient (Wildman–Crippen LogP) is 8.97. The Morgan fingerprint density at radius 2 is 0.622 bits per heavy atom. The third-order valence-electron chi connectivity index (χ3n) is 8.25. The summed E-state index contributed by atoms with van der Waals surface area (Å²) >= 11 is 0. The first kappa shape index (κ1) is 28.3. The second kappa shape index (κ2) is 13.0. The van der Waals surface area contributed by atoms with Crippen LogP contribution in [0.3, 0.4) is 0 Å². The maximum Gasteiger partial charge on any atom is 0.122 e. The summed E-state index contributed by atoms with van der Waals surface area (Å²) in [6.07, 6.45) is 0. The van der Waals surface area contributed by atoms with Crippen LogP contribution in [0.25, 0.3) is 11.1 Å². The Morgan fingerprint density at radius 1 is 0.311 bits per heavy atom. The van der Waals surface area contributed by atoms with Crippen molar-refractivity contribution in [2.24, 2.45) is 0 Å². The van der Waals surface area contributed by atoms with E-state index < -0.39 is 5.41 Å². The molecule has 0 unspecified atom stereocenters. The number of rotatable bonds is 12. The molecule has 0 atom stereocenters. The molecular formula is C41H34O4. The highest BCUT2D eigenvalue weighted by Gasteiger charge is 2.45. The van der Waals surface area contributed by atoms with Gasteiger partial charge in [0.1, 0.15) is 49.4 Å². The standard InChI is InChI=1S/C41H34O4/c1-3-11-33(12-4-1)42-27-29-44-35-23-19-31(20-24-35)41(39-17-9-7-15-37(39)38-16-8-10-18-40(38)41)32-21-25-36(26-22-32)45-30-28-43-34-13-5-2-6-14-34/h1-26H,27-30H2. The van der Waals surface area contributed by atoms with Crippen molar-refractivity contribution in [1.29, 1.82) is 0 Å². The fraction of sp³-hybridized carbons (Fsp3) is 0.122. The predicted molar refractivity (Wildman–Crippen MR) is 179 cm³/mol. The molecule has 0 saturated heterocycles. The Hall–Kier alpha value is -5.48. The minimum absolute atomic E-state index is 0.461. The SMILES string of the molecule is c1ccc(OCCOc2ccc(C3(c4ccc(OCCOc5ccccc5)cc4)c4ccccc4-c4ccccc43)cc2)cc1. The van der Waals surface area contributed by atoms with Gasteiger partial charge in [-0.25, -0.2) is 0 Å². The molecule has 0 radical (unpaired) electrons. The molecule has 6 aromatic carbocycles. The number of benzene rings is 6. The van der Waals surface area contributed by atoms with E-state index in [9.17, 15) is 0 Å². The molecule has 222 valence electrons. The van der Waals surface area contributed by atoms with Crippen LogP contribution in [0.2, 0.25) is 0 Å². The molecule has 0 heterocycles. The van der Waals surface area contributed by atoms with Crippen molar-refractivity contribution in [3.8, 4) is 34.1 Å². The molecule has 0 fully saturated rings. The van der Waals surface area contributed by atoms with E-state index in [4.69, 9.17) is 18.9 Å². The summed E-state index contributed by atoms with van der Waals surface area (Å²) in [5.41, 5.74) is 6.91. The fourth-order valence-corrected chi connectivity index (χ4v) is 6.30. The van der Waals surface area contributed by atoms with Crippen LogP contribution < -0.4 is 18.9 Å². The van der Waals surface area contributed by atoms with Crippen LogP contribution in [0.4, 0.5) is 0 Å². The molecule has 0 bridgehead atoms. The van der Waals surface area contributed by atoms with E-state index in [1.807, 2.05) is 60.7 Å². The van der Waals surface area contributed by atoms with Crippen molar-refractivity contribution in [2.45, 2.75) is 5.41 Å². The molecule has 0 saturated carbocycles. The van der Waals surface area contributed by atoms with Crippen LogP contribution in [0.5, 0.6) is 23.0 Å². The number of para-hydroxylation sites is 2. The first-order valence-electron chi connectivity index (χ1n) is 15.3. The highest BCUT2D eigenvalue weighted by Crippen LogP contribution is 2.56. The summed E-state index contributed by atoms with van der Waals surface area (Å²) in [6.45, 7) is 1.87. The van der Waals surface area contributed by atoms with Gasteiger partial charge in [0.25, 0.3) is 0 Å². The molecule has 0 spiro atoms. The van der Waals surface area contributed by atoms with Gasteiger partial charge in [-0.2, -0.15) is 0 Å². The van der Waals surface area contributed by atoms with Gasteiger partial charge in [0.05, 0.1) is 5.41 Å². The summed E-state index contributed by atoms with van der Waals surface area (Å²) in [5, 5.41) is 0. The van der Waals surface area contributed by atoms with E-state index in [1.54, 1.807) is 0 Å². The fourth-order valence-electron chi connectivity index (χ4n) is 6.30. The summed E-state index contributed by atoms with van der Waals surface area (Å²) in [5.74, 6) is 3.31. The Bertz CT molecular complexity index is 1690. The van der Waals surface area contributed by atoms with E-state index >= 15 is 0 Å². The van der Waals surface area contributed by atoms with Crippen LogP contribution in [-0.4, -0.2) is 26.4 Å². The Kier molecular flexibility index (Phi) is 8.19. The molecule has 1 aliphatic rings. The van der Waals surface area contributed by atoms with Crippen LogP contribution in [-0.2, 0) is 5.41 Å². The van der Waals surface area contributed by atoms with Gasteiger partial charge in [-0.1, -0.05) is 109 Å². The van der Waals surface area contributed by atoms with Crippen LogP contribution in [0.15, 0.2) is 158 Å². The second-order valence-electron chi connectivity index (χ2n) is 10.9. The lowest BCUT2D eigenvalue weighted by Gasteiger charge is -2.34. The van der Waals surface area contributed by atoms with Crippen molar-refractivity contribution in [2.75, 3.05) is 26.4 Å². The minimum Gasteiger partial charge on any atom is -0.490 e. The van der Waals surface area contributed by atoms with Crippen LogP contribution >= 0.6 is 0 Å². The number of hydrogen-bond donors (Lipinski definition) is 0. The van der Waals surface area contributed by atoms with Gasteiger partial charge in [0, 0.05) is 0 Å². The summed E-state index contributed by atoms with van der Waals surface area (Å²) in [7, 11) is 0. The number of hydrogen-bond acceptors (Lipinski definition) is 4. The van der Waals surface area contributed by atoms with Gasteiger partial charge in [-0.05, 0) is 81.9 Å². The quantitative estimate of drug-likeness (QED) is 0.133. The normalized spacial score (nSPS) is 12.5. The summed E-state index contributed by atoms with van der Waals surface area (Å²) in [4.78, 5) is 0. The lowest BCUT2D eigenvalue weighted by molar-refractivity contribution is 0.217. The lowest BCUT2D eigenvalue weighted by Crippen LogP contribution is -2.28. The van der Waals surface area contributed by atoms with Crippen molar-refractivity contribution < 1.29 is 18.9 Å². The van der Waals surface area contributed by atoms with Crippen molar-refractivity contribution in [3.63, 3.8) is 0 Å². The van der Waals surface area contributed by atoms with E-state index in [0.29, 0.717) is 26.4 Å². The van der Waals surface area contributed by atoms with Crippen molar-refractivity contribution in [1.82, 2.24) is 0 Å². The zero-order valence-corrected chi connectivity index (χ0v) is 25.0. The van der Waals surface area contributed by atoms with Gasteiger partial charge < -0.3 is 18.9 Å². The van der Waals surface area contributed by atoms with Crippen LogP contribution in [0, 0.1) is 0 Å². The van der Waals surface area contributed by atoms with Crippen molar-refractivity contribution in [3.05, 3.63) is 180 Å². The molecule has 1 aliphatic carbocycles. The third kappa shape index (κ3) is 5.75. The first-order chi connectivity index (χ1) is 22.3. The van der Waals surface area contributed by atoms with Gasteiger partial charge in [-0.15, -0.1) is 0 Å². The van der Waals surface area contributed by atoms with E-state index in [1.165, 1.54) is 33.4 Å². The highest BCUT2D eigenvalue weighted by atomic mass is 16.5. The molecule has 6 aromatic rings. The molecule has 0 N–H and O–H groups in total. The maximum atomic E-state index is 6.06. The van der Waals surface area contributed by atoms with Gasteiger partial charge in [0.2, 0.25) is 0 Å². The topological polar surface area (TPSA) is 36.9 Å². The van der Waals surface area contributed by atoms with E-state index in [0.717, 1.165) is 23.0 Å². The minimum atomic E-state index is -0.489. The molecule has 45 heavy (non-hydrogen) atoms. The largest absolute Gasteiger partial charge is 0.490 e. The monoisotopic (exact) mass is 590 g/mol. The van der Waals surface area contributed by atoms with Gasteiger partial charge in [0.15, 0.2) is 0 Å². The zero-order chi connectivity index (χ0) is 30.3. The summed E-state index contributed by atoms with van der Waals surface area (Å²) in [6, 6.07) is 54.1. The first-order valence-corrected chi connectivity index (χ1v) is 15.3. The average Bonchev–Trinajstić information content (AvgIpc) is 3.41. The van der Waals surface area contributed by atoms with Crippen molar-refractivity contribution >= 4 is 0 Å². The number of ether oxygens (including phenoxy) is 4. The van der Waals surface area contributed by atoms with Gasteiger partial charge >= 0.3 is 0 Å². The Morgan fingerprint density at radius 3 is 1.00 bits per heavy atom. The lowest BCUT2D eigenvalue weighted by atomic mass is 9.68. The zero-order valence-electron chi connectivity index (χ0n) is 25.0. The molecule has 4 heteroatoms. The van der Waals surface area contributed by atoms with E-state index in [2.05, 4.69) is 97.1 Å². The Labute approximate surface area is 264 Å². The molecule has 4 nitrogen and oxygen atoms in total. The summed E-state index contributed by atoms with van der Waals surface area (Å²) < 4.78 is 23.7. The molecule has 7 rings (SSSR count). The second-order valence-corrected chi connectivity index (χ2v) is 10.9. The smallest absolute Gasteiger partial charge is 0.122 e. The highest BCUT2D eigenvalue weighted by molar-refractivity contribution is 5.86. The van der Waals surface area contributed by atoms with Crippen LogP contribution in [0.1, 0.15) is 22.3 Å². The van der Waals surface area contributed by atoms with Gasteiger partial charge in [-0.3, -0.25) is 0 Å². The number of fused-ring (bicyclic) bond motifs is 3. The molecule has 0 amide bonds. The molecule has 0 aromatic heterocycles.